The molecule has 2 unspecified atom stereocenters. The minimum Gasteiger partial charge on any atom is -0.366 e. The first kappa shape index (κ1) is 10.1. The Hall–Kier alpha value is 0.540. The molecule has 3 fully saturated rings. The number of hydrogen-bond donors (Lipinski definition) is 0. The molecule has 0 amide bonds. The van der Waals surface area contributed by atoms with Gasteiger partial charge in [-0.3, -0.25) is 0 Å². The second-order valence-electron chi connectivity index (χ2n) is 5.08. The zero-order chi connectivity index (χ0) is 9.91. The summed E-state index contributed by atoms with van der Waals surface area (Å²) in [7, 11) is 0. The largest absolute Gasteiger partial charge is 0.366 e. The molecule has 1 nitrogen and oxygen atoms in total. The zero-order valence-corrected chi connectivity index (χ0v) is 9.87. The summed E-state index contributed by atoms with van der Waals surface area (Å²) in [4.78, 5) is 0. The van der Waals surface area contributed by atoms with Crippen molar-refractivity contribution in [2.45, 2.75) is 55.6 Å². The SMILES string of the molecule is CC1(C)OC2(C)CCC1CC2(Cl)Cl. The monoisotopic (exact) mass is 222 g/mol. The molecule has 1 saturated carbocycles. The Labute approximate surface area is 89.7 Å². The summed E-state index contributed by atoms with van der Waals surface area (Å²) in [5, 5.41) is 0. The Morgan fingerprint density at radius 2 is 1.85 bits per heavy atom. The van der Waals surface area contributed by atoms with E-state index in [1.807, 2.05) is 6.92 Å². The molecule has 13 heavy (non-hydrogen) atoms. The van der Waals surface area contributed by atoms with Gasteiger partial charge in [-0.2, -0.15) is 0 Å². The van der Waals surface area contributed by atoms with E-state index < -0.39 is 4.33 Å². The molecule has 2 heterocycles. The summed E-state index contributed by atoms with van der Waals surface area (Å²) < 4.78 is 5.32. The second kappa shape index (κ2) is 2.56. The van der Waals surface area contributed by atoms with Crippen LogP contribution < -0.4 is 0 Å². The highest BCUT2D eigenvalue weighted by Gasteiger charge is 2.60. The van der Waals surface area contributed by atoms with Crippen molar-refractivity contribution in [3.8, 4) is 0 Å². The molecular weight excluding hydrogens is 207 g/mol. The summed E-state index contributed by atoms with van der Waals surface area (Å²) in [6, 6.07) is 0. The fourth-order valence-corrected chi connectivity index (χ4v) is 3.28. The number of alkyl halides is 2. The van der Waals surface area contributed by atoms with Gasteiger partial charge >= 0.3 is 0 Å². The van der Waals surface area contributed by atoms with Crippen LogP contribution in [-0.2, 0) is 4.74 Å². The van der Waals surface area contributed by atoms with Gasteiger partial charge in [0.25, 0.3) is 0 Å². The van der Waals surface area contributed by atoms with Gasteiger partial charge in [0.1, 0.15) is 4.33 Å². The Bertz CT molecular complexity index is 237. The average molecular weight is 223 g/mol. The van der Waals surface area contributed by atoms with E-state index in [0.717, 1.165) is 12.8 Å². The minimum atomic E-state index is -0.689. The van der Waals surface area contributed by atoms with Crippen LogP contribution >= 0.6 is 23.2 Å². The van der Waals surface area contributed by atoms with Gasteiger partial charge in [-0.1, -0.05) is 23.2 Å². The van der Waals surface area contributed by atoms with Gasteiger partial charge in [0.15, 0.2) is 0 Å². The quantitative estimate of drug-likeness (QED) is 0.571. The fourth-order valence-electron chi connectivity index (χ4n) is 2.64. The second-order valence-corrected chi connectivity index (χ2v) is 6.56. The van der Waals surface area contributed by atoms with Gasteiger partial charge in [-0.05, 0) is 46.0 Å². The van der Waals surface area contributed by atoms with Crippen molar-refractivity contribution in [3.05, 3.63) is 0 Å². The molecule has 3 aliphatic rings. The van der Waals surface area contributed by atoms with E-state index in [0.29, 0.717) is 5.92 Å². The van der Waals surface area contributed by atoms with E-state index in [9.17, 15) is 0 Å². The predicted molar refractivity (Wildman–Crippen MR) is 55.3 cm³/mol. The van der Waals surface area contributed by atoms with Crippen LogP contribution in [0.25, 0.3) is 0 Å². The van der Waals surface area contributed by atoms with Crippen LogP contribution in [0.3, 0.4) is 0 Å². The molecule has 76 valence electrons. The first-order chi connectivity index (χ1) is 5.77. The summed E-state index contributed by atoms with van der Waals surface area (Å²) in [5.41, 5.74) is -0.408. The molecule has 2 aliphatic heterocycles. The Morgan fingerprint density at radius 3 is 2.15 bits per heavy atom. The first-order valence-electron chi connectivity index (χ1n) is 4.85. The van der Waals surface area contributed by atoms with Gasteiger partial charge in [-0.25, -0.2) is 0 Å². The van der Waals surface area contributed by atoms with Crippen molar-refractivity contribution in [2.75, 3.05) is 0 Å². The summed E-state index contributed by atoms with van der Waals surface area (Å²) >= 11 is 12.6. The van der Waals surface area contributed by atoms with Gasteiger partial charge < -0.3 is 4.74 Å². The normalized spacial score (nSPS) is 46.4. The molecule has 2 atom stereocenters. The molecule has 0 spiro atoms. The summed E-state index contributed by atoms with van der Waals surface area (Å²) in [6.07, 6.45) is 3.03. The third-order valence-corrected chi connectivity index (χ3v) is 4.83. The van der Waals surface area contributed by atoms with Gasteiger partial charge in [0.2, 0.25) is 0 Å². The highest BCUT2D eigenvalue weighted by molar-refractivity contribution is 6.49. The Morgan fingerprint density at radius 1 is 1.23 bits per heavy atom. The fraction of sp³-hybridized carbons (Fsp3) is 1.00. The van der Waals surface area contributed by atoms with Crippen LogP contribution in [0.15, 0.2) is 0 Å². The van der Waals surface area contributed by atoms with Crippen LogP contribution in [0, 0.1) is 5.92 Å². The number of halogens is 2. The van der Waals surface area contributed by atoms with Crippen molar-refractivity contribution in [2.24, 2.45) is 5.92 Å². The molecule has 3 heteroatoms. The van der Waals surface area contributed by atoms with Crippen molar-refractivity contribution in [1.29, 1.82) is 0 Å². The van der Waals surface area contributed by atoms with Crippen LogP contribution in [0.5, 0.6) is 0 Å². The van der Waals surface area contributed by atoms with Crippen LogP contribution in [-0.4, -0.2) is 15.5 Å². The molecule has 0 aromatic carbocycles. The van der Waals surface area contributed by atoms with Gasteiger partial charge in [0, 0.05) is 0 Å². The van der Waals surface area contributed by atoms with Gasteiger partial charge in [0.05, 0.1) is 11.2 Å². The summed E-state index contributed by atoms with van der Waals surface area (Å²) in [6.45, 7) is 6.31. The van der Waals surface area contributed by atoms with Crippen molar-refractivity contribution < 1.29 is 4.74 Å². The van der Waals surface area contributed by atoms with Crippen molar-refractivity contribution in [1.82, 2.24) is 0 Å². The highest BCUT2D eigenvalue weighted by atomic mass is 35.5. The molecule has 2 saturated heterocycles. The van der Waals surface area contributed by atoms with E-state index in [-0.39, 0.29) is 11.2 Å². The number of hydrogen-bond acceptors (Lipinski definition) is 1. The summed E-state index contributed by atoms with van der Waals surface area (Å²) in [5.74, 6) is 0.504. The third-order valence-electron chi connectivity index (χ3n) is 3.72. The van der Waals surface area contributed by atoms with E-state index in [4.69, 9.17) is 27.9 Å². The number of rotatable bonds is 0. The van der Waals surface area contributed by atoms with Crippen molar-refractivity contribution >= 4 is 23.2 Å². The first-order valence-corrected chi connectivity index (χ1v) is 5.60. The third kappa shape index (κ3) is 1.32. The lowest BCUT2D eigenvalue weighted by molar-refractivity contribution is -0.234. The Balaban J connectivity index is 2.34. The van der Waals surface area contributed by atoms with E-state index in [2.05, 4.69) is 13.8 Å². The molecular formula is C10H16Cl2O. The highest BCUT2D eigenvalue weighted by Crippen LogP contribution is 2.58. The van der Waals surface area contributed by atoms with E-state index in [1.165, 1.54) is 6.42 Å². The minimum absolute atomic E-state index is 0.0553. The lowest BCUT2D eigenvalue weighted by Crippen LogP contribution is -2.63. The topological polar surface area (TPSA) is 9.23 Å². The smallest absolute Gasteiger partial charge is 0.147 e. The maximum absolute atomic E-state index is 6.28. The number of fused-ring (bicyclic) bond motifs is 3. The van der Waals surface area contributed by atoms with E-state index >= 15 is 0 Å². The van der Waals surface area contributed by atoms with Crippen LogP contribution in [0.4, 0.5) is 0 Å². The molecule has 0 aromatic rings. The molecule has 3 rings (SSSR count). The Kier molecular flexibility index (Phi) is 1.98. The van der Waals surface area contributed by atoms with E-state index in [1.54, 1.807) is 0 Å². The number of ether oxygens (including phenoxy) is 1. The molecule has 2 bridgehead atoms. The van der Waals surface area contributed by atoms with Crippen molar-refractivity contribution in [3.63, 3.8) is 0 Å². The molecule has 0 aromatic heterocycles. The van der Waals surface area contributed by atoms with Gasteiger partial charge in [-0.15, -0.1) is 0 Å². The lowest BCUT2D eigenvalue weighted by atomic mass is 9.68. The maximum atomic E-state index is 6.28. The molecule has 0 N–H and O–H groups in total. The standard InChI is InChI=1S/C10H16Cl2O/c1-8(2)7-4-5-9(3,13-8)10(11,12)6-7/h7H,4-6H2,1-3H3. The maximum Gasteiger partial charge on any atom is 0.147 e. The zero-order valence-electron chi connectivity index (χ0n) is 8.36. The van der Waals surface area contributed by atoms with Crippen LogP contribution in [0.2, 0.25) is 0 Å². The van der Waals surface area contributed by atoms with Crippen LogP contribution in [0.1, 0.15) is 40.0 Å². The average Bonchev–Trinajstić information content (AvgIpc) is 1.91. The lowest BCUT2D eigenvalue weighted by Gasteiger charge is -2.59. The predicted octanol–water partition coefficient (Wildman–Crippen LogP) is 3.53. The molecule has 1 aliphatic carbocycles. The molecule has 0 radical (unpaired) electrons.